The zero-order valence-electron chi connectivity index (χ0n) is 14.5. The summed E-state index contributed by atoms with van der Waals surface area (Å²) in [5.41, 5.74) is 4.10. The fourth-order valence-corrected chi connectivity index (χ4v) is 2.37. The molecule has 0 nitrogen and oxygen atoms in total. The van der Waals surface area contributed by atoms with Crippen molar-refractivity contribution in [2.75, 3.05) is 0 Å². The normalized spacial score (nSPS) is 9.62. The number of hydrogen-bond acceptors (Lipinski definition) is 0. The Morgan fingerprint density at radius 2 is 1.67 bits per heavy atom. The first-order valence-electron chi connectivity index (χ1n) is 8.08. The van der Waals surface area contributed by atoms with Crippen LogP contribution in [0.1, 0.15) is 51.3 Å². The molecular weight excluding hydrogens is 252 g/mol. The van der Waals surface area contributed by atoms with E-state index in [-0.39, 0.29) is 0 Å². The van der Waals surface area contributed by atoms with Crippen molar-refractivity contribution < 1.29 is 0 Å². The van der Waals surface area contributed by atoms with E-state index in [2.05, 4.69) is 56.8 Å². The van der Waals surface area contributed by atoms with Gasteiger partial charge in [0.05, 0.1) is 0 Å². The van der Waals surface area contributed by atoms with Crippen LogP contribution >= 0.6 is 0 Å². The summed E-state index contributed by atoms with van der Waals surface area (Å²) in [6.45, 7) is 16.1. The maximum absolute atomic E-state index is 3.74. The first-order valence-corrected chi connectivity index (χ1v) is 8.08. The van der Waals surface area contributed by atoms with E-state index in [4.69, 9.17) is 0 Å². The van der Waals surface area contributed by atoms with E-state index >= 15 is 0 Å². The molecule has 2 aromatic rings. The molecule has 0 bridgehead atoms. The number of hydrogen-bond donors (Lipinski definition) is 0. The van der Waals surface area contributed by atoms with Crippen LogP contribution in [0.2, 0.25) is 0 Å². The molecule has 0 radical (unpaired) electrons. The van der Waals surface area contributed by atoms with E-state index < -0.39 is 0 Å². The second kappa shape index (κ2) is 10.9. The third-order valence-corrected chi connectivity index (χ3v) is 3.16. The molecule has 21 heavy (non-hydrogen) atoms. The summed E-state index contributed by atoms with van der Waals surface area (Å²) < 4.78 is 0. The van der Waals surface area contributed by atoms with Gasteiger partial charge in [-0.3, -0.25) is 0 Å². The quantitative estimate of drug-likeness (QED) is 0.534. The molecule has 0 atom stereocenters. The van der Waals surface area contributed by atoms with Crippen LogP contribution < -0.4 is 0 Å². The molecule has 0 heteroatoms. The van der Waals surface area contributed by atoms with E-state index in [9.17, 15) is 0 Å². The summed E-state index contributed by atoms with van der Waals surface area (Å²) in [4.78, 5) is 0. The second-order valence-electron chi connectivity index (χ2n) is 4.26. The van der Waals surface area contributed by atoms with E-state index in [1.54, 1.807) is 0 Å². The predicted molar refractivity (Wildman–Crippen MR) is 100.0 cm³/mol. The second-order valence-corrected chi connectivity index (χ2v) is 4.26. The highest BCUT2D eigenvalue weighted by Crippen LogP contribution is 2.27. The Labute approximate surface area is 131 Å². The van der Waals surface area contributed by atoms with Gasteiger partial charge in [-0.05, 0) is 40.8 Å². The lowest BCUT2D eigenvalue weighted by Gasteiger charge is -2.12. The van der Waals surface area contributed by atoms with Crippen molar-refractivity contribution in [3.8, 4) is 0 Å². The Morgan fingerprint density at radius 3 is 2.24 bits per heavy atom. The highest BCUT2D eigenvalue weighted by atomic mass is 14.1. The minimum absolute atomic E-state index is 1.05. The van der Waals surface area contributed by atoms with Gasteiger partial charge in [0.15, 0.2) is 0 Å². The van der Waals surface area contributed by atoms with Gasteiger partial charge in [-0.2, -0.15) is 0 Å². The van der Waals surface area contributed by atoms with Gasteiger partial charge in [0.2, 0.25) is 0 Å². The molecule has 0 aliphatic carbocycles. The SMILES string of the molecule is C=C/C=C\c1c(C)cc2ccccc2c1CC.CC.CC. The summed E-state index contributed by atoms with van der Waals surface area (Å²) in [7, 11) is 0. The van der Waals surface area contributed by atoms with E-state index in [0.717, 1.165) is 6.42 Å². The van der Waals surface area contributed by atoms with Crippen LogP contribution in [-0.2, 0) is 6.42 Å². The zero-order valence-corrected chi connectivity index (χ0v) is 14.5. The molecule has 0 N–H and O–H groups in total. The average Bonchev–Trinajstić information content (AvgIpc) is 2.56. The highest BCUT2D eigenvalue weighted by molar-refractivity contribution is 5.90. The lowest BCUT2D eigenvalue weighted by molar-refractivity contribution is 1.14. The molecule has 2 rings (SSSR count). The summed E-state index contributed by atoms with van der Waals surface area (Å²) in [6, 6.07) is 10.9. The molecule has 0 aromatic heterocycles. The Kier molecular flexibility index (Phi) is 9.96. The predicted octanol–water partition coefficient (Wildman–Crippen LogP) is 6.96. The summed E-state index contributed by atoms with van der Waals surface area (Å²) >= 11 is 0. The van der Waals surface area contributed by atoms with E-state index in [1.165, 1.54) is 27.5 Å². The molecular formula is C21H30. The van der Waals surface area contributed by atoms with Gasteiger partial charge in [0, 0.05) is 0 Å². The fourth-order valence-electron chi connectivity index (χ4n) is 2.37. The highest BCUT2D eigenvalue weighted by Gasteiger charge is 2.06. The van der Waals surface area contributed by atoms with Crippen LogP contribution in [0.3, 0.4) is 0 Å². The summed E-state index contributed by atoms with van der Waals surface area (Å²) in [5.74, 6) is 0. The minimum atomic E-state index is 1.05. The summed E-state index contributed by atoms with van der Waals surface area (Å²) in [5, 5.41) is 2.70. The standard InChI is InChI=1S/C17H18.2C2H6/c1-4-6-10-16-13(3)12-14-9-7-8-11-17(14)15(16)5-2;2*1-2/h4,6-12H,1,5H2,2-3H3;2*1-2H3/b10-6-;;. The van der Waals surface area contributed by atoms with Crippen LogP contribution in [-0.4, -0.2) is 0 Å². The largest absolute Gasteiger partial charge is 0.0991 e. The Bertz CT molecular complexity index is 574. The van der Waals surface area contributed by atoms with E-state index in [0.29, 0.717) is 0 Å². The van der Waals surface area contributed by atoms with Crippen molar-refractivity contribution in [2.45, 2.75) is 48.0 Å². The Balaban J connectivity index is 0.000000921. The van der Waals surface area contributed by atoms with Crippen molar-refractivity contribution in [1.29, 1.82) is 0 Å². The van der Waals surface area contributed by atoms with Crippen molar-refractivity contribution >= 4 is 16.8 Å². The minimum Gasteiger partial charge on any atom is -0.0991 e. The first-order chi connectivity index (χ1) is 10.3. The van der Waals surface area contributed by atoms with Crippen LogP contribution in [0.15, 0.2) is 49.1 Å². The van der Waals surface area contributed by atoms with Gasteiger partial charge in [0.25, 0.3) is 0 Å². The maximum Gasteiger partial charge on any atom is -0.0146 e. The number of fused-ring (bicyclic) bond motifs is 1. The molecule has 2 aromatic carbocycles. The number of aryl methyl sites for hydroxylation is 2. The third kappa shape index (κ3) is 4.90. The van der Waals surface area contributed by atoms with Crippen LogP contribution in [0.4, 0.5) is 0 Å². The molecule has 0 aliphatic heterocycles. The van der Waals surface area contributed by atoms with Crippen LogP contribution in [0.25, 0.3) is 16.8 Å². The van der Waals surface area contributed by atoms with E-state index in [1.807, 2.05) is 39.8 Å². The van der Waals surface area contributed by atoms with Crippen molar-refractivity contribution in [2.24, 2.45) is 0 Å². The zero-order chi connectivity index (χ0) is 16.3. The molecule has 0 saturated carbocycles. The van der Waals surface area contributed by atoms with Crippen molar-refractivity contribution in [3.63, 3.8) is 0 Å². The number of allylic oxidation sites excluding steroid dienone is 2. The molecule has 0 amide bonds. The van der Waals surface area contributed by atoms with Crippen molar-refractivity contribution in [3.05, 3.63) is 65.8 Å². The lowest BCUT2D eigenvalue weighted by Crippen LogP contribution is -1.93. The van der Waals surface area contributed by atoms with Gasteiger partial charge >= 0.3 is 0 Å². The molecule has 0 unspecified atom stereocenters. The Hall–Kier alpha value is -1.82. The van der Waals surface area contributed by atoms with Gasteiger partial charge in [-0.15, -0.1) is 0 Å². The molecule has 0 saturated heterocycles. The number of benzene rings is 2. The smallest absolute Gasteiger partial charge is 0.0146 e. The van der Waals surface area contributed by atoms with Crippen LogP contribution in [0, 0.1) is 6.92 Å². The molecule has 0 heterocycles. The number of rotatable bonds is 3. The lowest BCUT2D eigenvalue weighted by atomic mass is 9.93. The first kappa shape index (κ1) is 19.2. The Morgan fingerprint density at radius 1 is 1.05 bits per heavy atom. The molecule has 0 aliphatic rings. The van der Waals surface area contributed by atoms with Gasteiger partial charge < -0.3 is 0 Å². The van der Waals surface area contributed by atoms with Crippen LogP contribution in [0.5, 0.6) is 0 Å². The van der Waals surface area contributed by atoms with Gasteiger partial charge in [-0.25, -0.2) is 0 Å². The van der Waals surface area contributed by atoms with Crippen molar-refractivity contribution in [1.82, 2.24) is 0 Å². The maximum atomic E-state index is 3.74. The third-order valence-electron chi connectivity index (χ3n) is 3.16. The van der Waals surface area contributed by atoms with Gasteiger partial charge in [0.1, 0.15) is 0 Å². The average molecular weight is 282 g/mol. The molecule has 0 spiro atoms. The topological polar surface area (TPSA) is 0 Å². The molecule has 0 fully saturated rings. The monoisotopic (exact) mass is 282 g/mol. The summed E-state index contributed by atoms with van der Waals surface area (Å²) in [6.07, 6.45) is 7.05. The van der Waals surface area contributed by atoms with Gasteiger partial charge in [-0.1, -0.05) is 89.8 Å². The fraction of sp³-hybridized carbons (Fsp3) is 0.333. The molecule has 114 valence electrons.